The van der Waals surface area contributed by atoms with E-state index >= 15 is 0 Å². The zero-order chi connectivity index (χ0) is 11.3. The maximum atomic E-state index is 12.6. The molecule has 0 radical (unpaired) electrons. The lowest BCUT2D eigenvalue weighted by molar-refractivity contribution is 0.232. The number of nitriles is 1. The van der Waals surface area contributed by atoms with Gasteiger partial charge in [0.15, 0.2) is 0 Å². The summed E-state index contributed by atoms with van der Waals surface area (Å²) in [6.07, 6.45) is 0.212. The van der Waals surface area contributed by atoms with Crippen LogP contribution in [0.25, 0.3) is 0 Å². The van der Waals surface area contributed by atoms with Crippen molar-refractivity contribution in [3.05, 3.63) is 29.8 Å². The van der Waals surface area contributed by atoms with Gasteiger partial charge in [0.25, 0.3) is 0 Å². The van der Waals surface area contributed by atoms with E-state index in [9.17, 15) is 9.18 Å². The topological polar surface area (TPSA) is 44.1 Å². The minimum atomic E-state index is -1.53. The third-order valence-electron chi connectivity index (χ3n) is 1.54. The minimum absolute atomic E-state index is 0.417. The third-order valence-corrected chi connectivity index (χ3v) is 3.09. The van der Waals surface area contributed by atoms with Gasteiger partial charge < -0.3 is 0 Å². The number of halogens is 1. The molecule has 0 N–H and O–H groups in total. The van der Waals surface area contributed by atoms with Gasteiger partial charge in [-0.05, 0) is 30.5 Å². The molecular formula is C9H7FN2OS2. The molecule has 1 aromatic rings. The maximum Gasteiger partial charge on any atom is 0.415 e. The number of rotatable bonds is 3. The molecule has 15 heavy (non-hydrogen) atoms. The summed E-state index contributed by atoms with van der Waals surface area (Å²) in [6.45, 7) is 0. The van der Waals surface area contributed by atoms with Crippen LogP contribution in [0, 0.1) is 11.3 Å². The lowest BCUT2D eigenvalue weighted by Gasteiger charge is -2.14. The fourth-order valence-electron chi connectivity index (χ4n) is 0.920. The van der Waals surface area contributed by atoms with Crippen molar-refractivity contribution in [3.8, 4) is 6.07 Å². The second-order valence-corrected chi connectivity index (χ2v) is 4.74. The van der Waals surface area contributed by atoms with Crippen molar-refractivity contribution >= 4 is 33.6 Å². The van der Waals surface area contributed by atoms with E-state index in [-0.39, 0.29) is 0 Å². The van der Waals surface area contributed by atoms with Gasteiger partial charge in [-0.2, -0.15) is 5.26 Å². The molecule has 3 nitrogen and oxygen atoms in total. The number of carbonyl (C=O) groups excluding carboxylic acids is 1. The molecule has 0 heterocycles. The van der Waals surface area contributed by atoms with E-state index in [0.717, 1.165) is 15.3 Å². The lowest BCUT2D eigenvalue weighted by Crippen LogP contribution is -2.16. The summed E-state index contributed by atoms with van der Waals surface area (Å²) in [5, 5.41) is 8.57. The smallest absolute Gasteiger partial charge is 0.233 e. The van der Waals surface area contributed by atoms with E-state index in [0.29, 0.717) is 11.3 Å². The molecule has 0 saturated carbocycles. The van der Waals surface area contributed by atoms with Crippen LogP contribution in [0.5, 0.6) is 0 Å². The quantitative estimate of drug-likeness (QED) is 0.353. The SMILES string of the molecule is CSSN(C(=O)F)c1ccc(C#N)cc1. The summed E-state index contributed by atoms with van der Waals surface area (Å²) >= 11 is 0. The molecule has 0 aliphatic carbocycles. The Morgan fingerprint density at radius 1 is 1.47 bits per heavy atom. The highest BCUT2D eigenvalue weighted by Gasteiger charge is 2.15. The number of amides is 1. The largest absolute Gasteiger partial charge is 0.415 e. The summed E-state index contributed by atoms with van der Waals surface area (Å²) in [7, 11) is 2.25. The first-order valence-corrected chi connectivity index (χ1v) is 6.41. The fourth-order valence-corrected chi connectivity index (χ4v) is 2.22. The molecule has 0 spiro atoms. The Morgan fingerprint density at radius 2 is 2.07 bits per heavy atom. The van der Waals surface area contributed by atoms with Gasteiger partial charge in [0.1, 0.15) is 0 Å². The molecule has 0 bridgehead atoms. The molecule has 1 aromatic carbocycles. The van der Waals surface area contributed by atoms with E-state index in [2.05, 4.69) is 0 Å². The molecular weight excluding hydrogens is 235 g/mol. The number of nitrogens with zero attached hydrogens (tertiary/aromatic N) is 2. The van der Waals surface area contributed by atoms with Gasteiger partial charge in [0.05, 0.1) is 17.3 Å². The average molecular weight is 242 g/mol. The molecule has 0 fully saturated rings. The number of hydrogen-bond acceptors (Lipinski definition) is 4. The molecule has 0 aliphatic rings. The molecule has 0 saturated heterocycles. The predicted octanol–water partition coefficient (Wildman–Crippen LogP) is 3.38. The van der Waals surface area contributed by atoms with Gasteiger partial charge in [-0.3, -0.25) is 0 Å². The summed E-state index contributed by atoms with van der Waals surface area (Å²) in [4.78, 5) is 10.6. The highest BCUT2D eigenvalue weighted by Crippen LogP contribution is 2.30. The van der Waals surface area contributed by atoms with E-state index in [1.54, 1.807) is 6.26 Å². The standard InChI is InChI=1S/C9H7FN2OS2/c1-14-15-12(9(10)13)8-4-2-7(6-11)3-5-8/h2-5H,1H3. The van der Waals surface area contributed by atoms with Crippen molar-refractivity contribution in [1.82, 2.24) is 0 Å². The van der Waals surface area contributed by atoms with Gasteiger partial charge in [0, 0.05) is 11.0 Å². The molecule has 0 atom stereocenters. The Labute approximate surface area is 94.8 Å². The zero-order valence-electron chi connectivity index (χ0n) is 7.81. The van der Waals surface area contributed by atoms with Crippen LogP contribution >= 0.6 is 21.8 Å². The Morgan fingerprint density at radius 3 is 2.47 bits per heavy atom. The van der Waals surface area contributed by atoms with Crippen molar-refractivity contribution < 1.29 is 9.18 Å². The highest BCUT2D eigenvalue weighted by atomic mass is 33.1. The summed E-state index contributed by atoms with van der Waals surface area (Å²) in [5.74, 6) is 0. The van der Waals surface area contributed by atoms with Crippen molar-refractivity contribution in [2.24, 2.45) is 0 Å². The number of benzene rings is 1. The number of hydrogen-bond donors (Lipinski definition) is 0. The van der Waals surface area contributed by atoms with Crippen LogP contribution in [0.2, 0.25) is 0 Å². The van der Waals surface area contributed by atoms with E-state index in [1.807, 2.05) is 6.07 Å². The molecule has 1 amide bonds. The van der Waals surface area contributed by atoms with E-state index < -0.39 is 6.16 Å². The molecule has 0 unspecified atom stereocenters. The normalized spacial score (nSPS) is 9.40. The monoisotopic (exact) mass is 242 g/mol. The van der Waals surface area contributed by atoms with Crippen LogP contribution in [-0.4, -0.2) is 12.4 Å². The van der Waals surface area contributed by atoms with Crippen molar-refractivity contribution in [2.75, 3.05) is 10.6 Å². The first kappa shape index (κ1) is 11.9. The molecule has 6 heteroatoms. The average Bonchev–Trinajstić information content (AvgIpc) is 2.26. The van der Waals surface area contributed by atoms with Crippen LogP contribution in [0.1, 0.15) is 5.56 Å². The highest BCUT2D eigenvalue weighted by molar-refractivity contribution is 8.77. The van der Waals surface area contributed by atoms with Gasteiger partial charge in [-0.15, -0.1) is 4.39 Å². The number of carbonyl (C=O) groups is 1. The lowest BCUT2D eigenvalue weighted by atomic mass is 10.2. The van der Waals surface area contributed by atoms with Gasteiger partial charge in [-0.1, -0.05) is 10.8 Å². The van der Waals surface area contributed by atoms with Crippen LogP contribution in [0.15, 0.2) is 24.3 Å². The zero-order valence-corrected chi connectivity index (χ0v) is 9.44. The van der Waals surface area contributed by atoms with Crippen LogP contribution < -0.4 is 4.31 Å². The van der Waals surface area contributed by atoms with Crippen LogP contribution in [0.4, 0.5) is 14.9 Å². The summed E-state index contributed by atoms with van der Waals surface area (Å²) in [5.41, 5.74) is 0.889. The molecule has 1 rings (SSSR count). The predicted molar refractivity (Wildman–Crippen MR) is 61.2 cm³/mol. The van der Waals surface area contributed by atoms with Gasteiger partial charge in [0.2, 0.25) is 0 Å². The molecule has 0 aromatic heterocycles. The second kappa shape index (κ2) is 5.63. The molecule has 78 valence electrons. The van der Waals surface area contributed by atoms with Crippen molar-refractivity contribution in [3.63, 3.8) is 0 Å². The van der Waals surface area contributed by atoms with Gasteiger partial charge in [-0.25, -0.2) is 9.10 Å². The van der Waals surface area contributed by atoms with Crippen LogP contribution in [-0.2, 0) is 0 Å². The van der Waals surface area contributed by atoms with Crippen molar-refractivity contribution in [1.29, 1.82) is 5.26 Å². The first-order chi connectivity index (χ1) is 7.19. The summed E-state index contributed by atoms with van der Waals surface area (Å²) in [6, 6.07) is 8.07. The van der Waals surface area contributed by atoms with Gasteiger partial charge >= 0.3 is 6.16 Å². The first-order valence-electron chi connectivity index (χ1n) is 3.89. The Hall–Kier alpha value is -1.19. The van der Waals surface area contributed by atoms with Crippen molar-refractivity contribution in [2.45, 2.75) is 0 Å². The van der Waals surface area contributed by atoms with E-state index in [4.69, 9.17) is 5.26 Å². The van der Waals surface area contributed by atoms with Crippen LogP contribution in [0.3, 0.4) is 0 Å². The minimum Gasteiger partial charge on any atom is -0.233 e. The maximum absolute atomic E-state index is 12.6. The molecule has 0 aliphatic heterocycles. The third kappa shape index (κ3) is 3.15. The fraction of sp³-hybridized carbons (Fsp3) is 0.111. The summed E-state index contributed by atoms with van der Waals surface area (Å²) < 4.78 is 13.5. The Balaban J connectivity index is 2.92. The number of anilines is 1. The Bertz CT molecular complexity index is 388. The Kier molecular flexibility index (Phi) is 4.46. The van der Waals surface area contributed by atoms with E-state index in [1.165, 1.54) is 35.1 Å². The second-order valence-electron chi connectivity index (χ2n) is 2.45.